The average molecular weight is 238 g/mol. The number of nitrogens with zero attached hydrogens (tertiary/aromatic N) is 1. The van der Waals surface area contributed by atoms with Gasteiger partial charge >= 0.3 is 12.1 Å². The summed E-state index contributed by atoms with van der Waals surface area (Å²) in [5.41, 5.74) is 0. The van der Waals surface area contributed by atoms with Crippen LogP contribution in [0.5, 0.6) is 0 Å². The molecule has 1 aliphatic heterocycles. The fourth-order valence-electron chi connectivity index (χ4n) is 1.75. The minimum absolute atomic E-state index is 0.0715. The van der Waals surface area contributed by atoms with Crippen LogP contribution < -0.4 is 5.32 Å². The van der Waals surface area contributed by atoms with Gasteiger partial charge in [0.2, 0.25) is 5.91 Å². The lowest BCUT2D eigenvalue weighted by atomic mass is 10.1. The van der Waals surface area contributed by atoms with Crippen molar-refractivity contribution in [2.45, 2.75) is 32.0 Å². The van der Waals surface area contributed by atoms with E-state index in [1.54, 1.807) is 0 Å². The van der Waals surface area contributed by atoms with Gasteiger partial charge in [0.1, 0.15) is 0 Å². The molecule has 0 aromatic carbocycles. The zero-order valence-corrected chi connectivity index (χ0v) is 8.80. The summed E-state index contributed by atoms with van der Waals surface area (Å²) in [7, 11) is 0. The zero-order chi connectivity index (χ0) is 12.3. The highest BCUT2D eigenvalue weighted by Crippen LogP contribution is 2.21. The Balaban J connectivity index is 2.57. The fraction of sp³-hybridized carbons (Fsp3) is 0.778. The second-order valence-electron chi connectivity index (χ2n) is 3.79. The van der Waals surface area contributed by atoms with Crippen molar-refractivity contribution < 1.29 is 22.8 Å². The molecular weight excluding hydrogens is 225 g/mol. The van der Waals surface area contributed by atoms with E-state index in [0.29, 0.717) is 12.8 Å². The first-order valence-corrected chi connectivity index (χ1v) is 4.94. The maximum atomic E-state index is 12.1. The Bertz CT molecular complexity index is 291. The summed E-state index contributed by atoms with van der Waals surface area (Å²) in [6.45, 7) is 1.32. The van der Waals surface area contributed by atoms with Crippen LogP contribution >= 0.6 is 0 Å². The molecule has 0 spiro atoms. The van der Waals surface area contributed by atoms with Gasteiger partial charge < -0.3 is 10.2 Å². The number of amides is 2. The lowest BCUT2D eigenvalue weighted by Crippen LogP contribution is -2.52. The second kappa shape index (κ2) is 4.71. The van der Waals surface area contributed by atoms with Crippen LogP contribution in [0.4, 0.5) is 13.2 Å². The molecule has 0 aromatic rings. The van der Waals surface area contributed by atoms with Gasteiger partial charge in [0.15, 0.2) is 0 Å². The maximum Gasteiger partial charge on any atom is 0.471 e. The molecule has 92 valence electrons. The molecule has 1 fully saturated rings. The Hall–Kier alpha value is -1.27. The van der Waals surface area contributed by atoms with E-state index in [1.165, 1.54) is 6.92 Å². The molecule has 1 saturated heterocycles. The van der Waals surface area contributed by atoms with Crippen molar-refractivity contribution in [2.24, 2.45) is 0 Å². The zero-order valence-electron chi connectivity index (χ0n) is 8.80. The summed E-state index contributed by atoms with van der Waals surface area (Å²) in [4.78, 5) is 22.4. The van der Waals surface area contributed by atoms with E-state index in [1.807, 2.05) is 0 Å². The van der Waals surface area contributed by atoms with Gasteiger partial charge in [-0.05, 0) is 12.8 Å². The van der Waals surface area contributed by atoms with Crippen LogP contribution in [0, 0.1) is 0 Å². The van der Waals surface area contributed by atoms with Gasteiger partial charge in [0.05, 0.1) is 0 Å². The first kappa shape index (κ1) is 12.8. The number of piperidine rings is 1. The third kappa shape index (κ3) is 3.39. The van der Waals surface area contributed by atoms with Crippen molar-refractivity contribution in [1.82, 2.24) is 10.2 Å². The molecule has 0 radical (unpaired) electrons. The summed E-state index contributed by atoms with van der Waals surface area (Å²) in [5, 5.41) is 2.52. The Kier molecular flexibility index (Phi) is 3.77. The maximum absolute atomic E-state index is 12.1. The molecule has 0 aromatic heterocycles. The molecule has 4 nitrogen and oxygen atoms in total. The summed E-state index contributed by atoms with van der Waals surface area (Å²) in [5.74, 6) is -2.13. The molecule has 1 atom stereocenters. The van der Waals surface area contributed by atoms with Crippen molar-refractivity contribution in [3.8, 4) is 0 Å². The van der Waals surface area contributed by atoms with Gasteiger partial charge in [-0.3, -0.25) is 9.59 Å². The van der Waals surface area contributed by atoms with Gasteiger partial charge in [-0.1, -0.05) is 0 Å². The lowest BCUT2D eigenvalue weighted by Gasteiger charge is -2.33. The standard InChI is InChI=1S/C9H13F3N2O2/c1-6(15)13-7-3-2-4-14(5-7)8(16)9(10,11)12/h7H,2-5H2,1H3,(H,13,15). The van der Waals surface area contributed by atoms with Crippen LogP contribution in [0.25, 0.3) is 0 Å². The first-order chi connectivity index (χ1) is 7.30. The van der Waals surface area contributed by atoms with E-state index in [-0.39, 0.29) is 25.0 Å². The topological polar surface area (TPSA) is 49.4 Å². The van der Waals surface area contributed by atoms with Crippen molar-refractivity contribution in [3.63, 3.8) is 0 Å². The quantitative estimate of drug-likeness (QED) is 0.730. The van der Waals surface area contributed by atoms with Gasteiger partial charge in [0, 0.05) is 26.1 Å². The number of carbonyl (C=O) groups is 2. The number of rotatable bonds is 1. The van der Waals surface area contributed by atoms with Crippen LogP contribution in [-0.2, 0) is 9.59 Å². The minimum atomic E-state index is -4.84. The molecule has 16 heavy (non-hydrogen) atoms. The van der Waals surface area contributed by atoms with Crippen LogP contribution in [-0.4, -0.2) is 42.0 Å². The van der Waals surface area contributed by atoms with Gasteiger partial charge in [-0.25, -0.2) is 0 Å². The molecule has 1 aliphatic rings. The Morgan fingerprint density at radius 2 is 2.00 bits per heavy atom. The summed E-state index contributed by atoms with van der Waals surface area (Å²) in [6, 6.07) is -0.377. The van der Waals surface area contributed by atoms with Crippen molar-refractivity contribution in [3.05, 3.63) is 0 Å². The number of hydrogen-bond acceptors (Lipinski definition) is 2. The minimum Gasteiger partial charge on any atom is -0.352 e. The summed E-state index contributed by atoms with van der Waals surface area (Å²) in [6.07, 6.45) is -3.77. The molecule has 0 aliphatic carbocycles. The number of carbonyl (C=O) groups excluding carboxylic acids is 2. The predicted octanol–water partition coefficient (Wildman–Crippen LogP) is 0.676. The van der Waals surface area contributed by atoms with Gasteiger partial charge in [0.25, 0.3) is 0 Å². The molecule has 0 bridgehead atoms. The molecule has 7 heteroatoms. The van der Waals surface area contributed by atoms with Gasteiger partial charge in [-0.15, -0.1) is 0 Å². The van der Waals surface area contributed by atoms with E-state index in [4.69, 9.17) is 0 Å². The Morgan fingerprint density at radius 1 is 1.38 bits per heavy atom. The van der Waals surface area contributed by atoms with Crippen LogP contribution in [0.15, 0.2) is 0 Å². The van der Waals surface area contributed by atoms with Crippen LogP contribution in [0.3, 0.4) is 0 Å². The normalized spacial score (nSPS) is 21.8. The third-order valence-electron chi connectivity index (χ3n) is 2.36. The molecular formula is C9H13F3N2O2. The molecule has 2 amide bonds. The largest absolute Gasteiger partial charge is 0.471 e. The predicted molar refractivity (Wildman–Crippen MR) is 49.5 cm³/mol. The molecule has 0 saturated carbocycles. The van der Waals surface area contributed by atoms with E-state index in [0.717, 1.165) is 4.90 Å². The molecule has 1 heterocycles. The van der Waals surface area contributed by atoms with Gasteiger partial charge in [-0.2, -0.15) is 13.2 Å². The van der Waals surface area contributed by atoms with Crippen molar-refractivity contribution in [2.75, 3.05) is 13.1 Å². The number of alkyl halides is 3. The lowest BCUT2D eigenvalue weighted by molar-refractivity contribution is -0.186. The van der Waals surface area contributed by atoms with E-state index in [2.05, 4.69) is 5.32 Å². The second-order valence-corrected chi connectivity index (χ2v) is 3.79. The van der Waals surface area contributed by atoms with Crippen molar-refractivity contribution >= 4 is 11.8 Å². The highest BCUT2D eigenvalue weighted by Gasteiger charge is 2.43. The number of likely N-dealkylation sites (tertiary alicyclic amines) is 1. The van der Waals surface area contributed by atoms with E-state index in [9.17, 15) is 22.8 Å². The van der Waals surface area contributed by atoms with Crippen LogP contribution in [0.2, 0.25) is 0 Å². The van der Waals surface area contributed by atoms with E-state index >= 15 is 0 Å². The molecule has 1 unspecified atom stereocenters. The number of hydrogen-bond donors (Lipinski definition) is 1. The SMILES string of the molecule is CC(=O)NC1CCCN(C(=O)C(F)(F)F)C1. The fourth-order valence-corrected chi connectivity index (χ4v) is 1.75. The highest BCUT2D eigenvalue weighted by atomic mass is 19.4. The van der Waals surface area contributed by atoms with E-state index < -0.39 is 12.1 Å². The Morgan fingerprint density at radius 3 is 2.50 bits per heavy atom. The van der Waals surface area contributed by atoms with Crippen molar-refractivity contribution in [1.29, 1.82) is 0 Å². The highest BCUT2D eigenvalue weighted by molar-refractivity contribution is 5.82. The molecule has 1 rings (SSSR count). The number of halogens is 3. The number of nitrogens with one attached hydrogen (secondary N) is 1. The molecule has 1 N–H and O–H groups in total. The summed E-state index contributed by atoms with van der Waals surface area (Å²) >= 11 is 0. The smallest absolute Gasteiger partial charge is 0.352 e. The summed E-state index contributed by atoms with van der Waals surface area (Å²) < 4.78 is 36.4. The Labute approximate surface area is 90.8 Å². The first-order valence-electron chi connectivity index (χ1n) is 4.94. The monoisotopic (exact) mass is 238 g/mol. The average Bonchev–Trinajstić information content (AvgIpc) is 2.14. The third-order valence-corrected chi connectivity index (χ3v) is 2.36. The van der Waals surface area contributed by atoms with Crippen LogP contribution in [0.1, 0.15) is 19.8 Å².